The van der Waals surface area contributed by atoms with Crippen molar-refractivity contribution in [3.05, 3.63) is 16.6 Å². The molecule has 16 heavy (non-hydrogen) atoms. The fraction of sp³-hybridized carbons (Fsp3) is 0.727. The van der Waals surface area contributed by atoms with E-state index in [0.29, 0.717) is 18.0 Å². The van der Waals surface area contributed by atoms with Crippen LogP contribution in [0, 0.1) is 5.92 Å². The molecule has 1 aromatic rings. The lowest BCUT2D eigenvalue weighted by Crippen LogP contribution is -2.38. The maximum absolute atomic E-state index is 5.47. The topological polar surface area (TPSA) is 46.2 Å². The first kappa shape index (κ1) is 12.0. The summed E-state index contributed by atoms with van der Waals surface area (Å²) in [7, 11) is 2.00. The highest BCUT2D eigenvalue weighted by atomic mass is 32.1. The fourth-order valence-electron chi connectivity index (χ4n) is 1.98. The largest absolute Gasteiger partial charge is 0.379 e. The summed E-state index contributed by atoms with van der Waals surface area (Å²) >= 11 is 1.70. The molecule has 2 heterocycles. The zero-order chi connectivity index (χ0) is 11.4. The van der Waals surface area contributed by atoms with Crippen LogP contribution in [0.4, 0.5) is 0 Å². The second-order valence-corrected chi connectivity index (χ2v) is 5.12. The van der Waals surface area contributed by atoms with Gasteiger partial charge in [-0.2, -0.15) is 0 Å². The van der Waals surface area contributed by atoms with Gasteiger partial charge in [-0.1, -0.05) is 0 Å². The van der Waals surface area contributed by atoms with Gasteiger partial charge in [0.2, 0.25) is 0 Å². The lowest BCUT2D eigenvalue weighted by molar-refractivity contribution is 0.182. The van der Waals surface area contributed by atoms with E-state index >= 15 is 0 Å². The number of aromatic nitrogens is 1. The molecule has 0 radical (unpaired) electrons. The lowest BCUT2D eigenvalue weighted by Gasteiger charge is -2.19. The van der Waals surface area contributed by atoms with Crippen molar-refractivity contribution >= 4 is 11.3 Å². The van der Waals surface area contributed by atoms with Gasteiger partial charge in [0.05, 0.1) is 19.3 Å². The minimum absolute atomic E-state index is 0.332. The van der Waals surface area contributed by atoms with E-state index in [4.69, 9.17) is 4.74 Å². The van der Waals surface area contributed by atoms with E-state index in [2.05, 4.69) is 22.5 Å². The van der Waals surface area contributed by atoms with Gasteiger partial charge in [-0.05, 0) is 14.0 Å². The number of hydrogen-bond acceptors (Lipinski definition) is 5. The van der Waals surface area contributed by atoms with Gasteiger partial charge < -0.3 is 15.4 Å². The van der Waals surface area contributed by atoms with Crippen LogP contribution in [0.5, 0.6) is 0 Å². The summed E-state index contributed by atoms with van der Waals surface area (Å²) in [6, 6.07) is 0.814. The molecule has 0 aromatic carbocycles. The summed E-state index contributed by atoms with van der Waals surface area (Å²) in [5.74, 6) is 0.562. The number of nitrogens with zero attached hydrogens (tertiary/aromatic N) is 1. The summed E-state index contributed by atoms with van der Waals surface area (Å²) in [4.78, 5) is 4.31. The van der Waals surface area contributed by atoms with Gasteiger partial charge in [0.25, 0.3) is 0 Å². The molecule has 0 spiro atoms. The Morgan fingerprint density at radius 1 is 1.62 bits per heavy atom. The third kappa shape index (κ3) is 2.79. The van der Waals surface area contributed by atoms with Crippen molar-refractivity contribution in [1.29, 1.82) is 0 Å². The molecule has 1 aromatic heterocycles. The third-order valence-corrected chi connectivity index (χ3v) is 4.04. The first-order chi connectivity index (χ1) is 7.81. The number of rotatable bonds is 5. The second-order valence-electron chi connectivity index (χ2n) is 4.19. The molecule has 1 saturated heterocycles. The minimum atomic E-state index is 0.332. The zero-order valence-electron chi connectivity index (χ0n) is 9.77. The van der Waals surface area contributed by atoms with Crippen molar-refractivity contribution in [2.75, 3.05) is 26.8 Å². The Kier molecular flexibility index (Phi) is 4.29. The Hall–Kier alpha value is -0.490. The summed E-state index contributed by atoms with van der Waals surface area (Å²) in [6.45, 7) is 4.81. The van der Waals surface area contributed by atoms with Crippen molar-refractivity contribution in [1.82, 2.24) is 15.6 Å². The Morgan fingerprint density at radius 2 is 2.50 bits per heavy atom. The molecule has 2 rings (SSSR count). The molecule has 3 unspecified atom stereocenters. The van der Waals surface area contributed by atoms with Crippen molar-refractivity contribution in [2.45, 2.75) is 19.0 Å². The van der Waals surface area contributed by atoms with E-state index in [0.717, 1.165) is 24.8 Å². The summed E-state index contributed by atoms with van der Waals surface area (Å²) in [6.07, 6.45) is 1.85. The van der Waals surface area contributed by atoms with Gasteiger partial charge in [-0.25, -0.2) is 4.98 Å². The van der Waals surface area contributed by atoms with E-state index in [1.54, 1.807) is 11.3 Å². The van der Waals surface area contributed by atoms with E-state index in [-0.39, 0.29) is 0 Å². The van der Waals surface area contributed by atoms with Gasteiger partial charge in [0.15, 0.2) is 0 Å². The normalized spacial score (nSPS) is 27.1. The standard InChI is InChI=1S/C11H19N3OS/c1-8(11-13-3-4-16-11)14-5-9-6-15-7-10(9)12-2/h3-4,8-10,12,14H,5-7H2,1-2H3. The molecule has 0 bridgehead atoms. The molecule has 1 aliphatic heterocycles. The molecule has 5 heteroatoms. The Labute approximate surface area is 100 Å². The highest BCUT2D eigenvalue weighted by molar-refractivity contribution is 7.09. The number of likely N-dealkylation sites (N-methyl/N-ethyl adjacent to an activating group) is 1. The summed E-state index contributed by atoms with van der Waals surface area (Å²) in [5.41, 5.74) is 0. The highest BCUT2D eigenvalue weighted by Gasteiger charge is 2.26. The molecule has 1 fully saturated rings. The van der Waals surface area contributed by atoms with Crippen LogP contribution in [0.25, 0.3) is 0 Å². The van der Waals surface area contributed by atoms with Gasteiger partial charge in [0, 0.05) is 30.1 Å². The van der Waals surface area contributed by atoms with Crippen molar-refractivity contribution in [2.24, 2.45) is 5.92 Å². The van der Waals surface area contributed by atoms with E-state index in [9.17, 15) is 0 Å². The average molecular weight is 241 g/mol. The Balaban J connectivity index is 1.78. The summed E-state index contributed by atoms with van der Waals surface area (Å²) in [5, 5.41) is 9.98. The van der Waals surface area contributed by atoms with Crippen molar-refractivity contribution in [3.8, 4) is 0 Å². The number of nitrogens with one attached hydrogen (secondary N) is 2. The quantitative estimate of drug-likeness (QED) is 0.808. The van der Waals surface area contributed by atoms with Crippen LogP contribution in [-0.2, 0) is 4.74 Å². The fourth-order valence-corrected chi connectivity index (χ4v) is 2.65. The molecule has 1 aliphatic rings. The predicted octanol–water partition coefficient (Wildman–Crippen LogP) is 1.03. The molecule has 90 valence electrons. The lowest BCUT2D eigenvalue weighted by atomic mass is 10.0. The van der Waals surface area contributed by atoms with Crippen LogP contribution in [0.15, 0.2) is 11.6 Å². The minimum Gasteiger partial charge on any atom is -0.379 e. The van der Waals surface area contributed by atoms with Gasteiger partial charge in [-0.15, -0.1) is 11.3 Å². The van der Waals surface area contributed by atoms with Gasteiger partial charge >= 0.3 is 0 Å². The molecule has 3 atom stereocenters. The van der Waals surface area contributed by atoms with Crippen LogP contribution in [-0.4, -0.2) is 37.8 Å². The first-order valence-electron chi connectivity index (χ1n) is 5.69. The molecule has 4 nitrogen and oxygen atoms in total. The number of hydrogen-bond donors (Lipinski definition) is 2. The van der Waals surface area contributed by atoms with Crippen LogP contribution in [0.1, 0.15) is 18.0 Å². The molecule has 0 amide bonds. The highest BCUT2D eigenvalue weighted by Crippen LogP contribution is 2.17. The Morgan fingerprint density at radius 3 is 3.19 bits per heavy atom. The molecule has 0 aliphatic carbocycles. The van der Waals surface area contributed by atoms with Crippen molar-refractivity contribution in [3.63, 3.8) is 0 Å². The van der Waals surface area contributed by atoms with E-state index in [1.165, 1.54) is 0 Å². The monoisotopic (exact) mass is 241 g/mol. The van der Waals surface area contributed by atoms with Crippen LogP contribution in [0.2, 0.25) is 0 Å². The van der Waals surface area contributed by atoms with Crippen LogP contribution < -0.4 is 10.6 Å². The SMILES string of the molecule is CNC1COCC1CNC(C)c1nccs1. The van der Waals surface area contributed by atoms with E-state index < -0.39 is 0 Å². The summed E-state index contributed by atoms with van der Waals surface area (Å²) < 4.78 is 5.47. The smallest absolute Gasteiger partial charge is 0.109 e. The Bertz CT molecular complexity index is 304. The number of thiazole rings is 1. The predicted molar refractivity (Wildman–Crippen MR) is 65.7 cm³/mol. The van der Waals surface area contributed by atoms with Gasteiger partial charge in [-0.3, -0.25) is 0 Å². The maximum Gasteiger partial charge on any atom is 0.109 e. The van der Waals surface area contributed by atoms with Gasteiger partial charge in [0.1, 0.15) is 5.01 Å². The third-order valence-electron chi connectivity index (χ3n) is 3.08. The second kappa shape index (κ2) is 5.72. The molecule has 2 N–H and O–H groups in total. The van der Waals surface area contributed by atoms with E-state index in [1.807, 2.05) is 18.6 Å². The van der Waals surface area contributed by atoms with Crippen LogP contribution in [0.3, 0.4) is 0 Å². The molecular formula is C11H19N3OS. The van der Waals surface area contributed by atoms with Crippen LogP contribution >= 0.6 is 11.3 Å². The number of ether oxygens (including phenoxy) is 1. The average Bonchev–Trinajstić information content (AvgIpc) is 2.96. The zero-order valence-corrected chi connectivity index (χ0v) is 10.6. The maximum atomic E-state index is 5.47. The molecule has 0 saturated carbocycles. The molecular weight excluding hydrogens is 222 g/mol. The van der Waals surface area contributed by atoms with Crippen molar-refractivity contribution < 1.29 is 4.74 Å². The first-order valence-corrected chi connectivity index (χ1v) is 6.57.